The summed E-state index contributed by atoms with van der Waals surface area (Å²) in [4.78, 5) is 16.7. The van der Waals surface area contributed by atoms with Crippen molar-refractivity contribution in [2.24, 2.45) is 10.9 Å². The maximum Gasteiger partial charge on any atom is 0.227 e. The van der Waals surface area contributed by atoms with E-state index in [9.17, 15) is 4.79 Å². The van der Waals surface area contributed by atoms with Crippen molar-refractivity contribution in [2.45, 2.75) is 52.7 Å². The summed E-state index contributed by atoms with van der Waals surface area (Å²) in [5, 5.41) is 9.58. The van der Waals surface area contributed by atoms with Gasteiger partial charge in [0.25, 0.3) is 0 Å². The molecule has 0 bridgehead atoms. The second kappa shape index (κ2) is 15.4. The highest BCUT2D eigenvalue weighted by molar-refractivity contribution is 14.0. The van der Waals surface area contributed by atoms with Gasteiger partial charge in [0.05, 0.1) is 19.3 Å². The second-order valence-electron chi connectivity index (χ2n) is 7.33. The summed E-state index contributed by atoms with van der Waals surface area (Å²) in [7, 11) is 0. The fourth-order valence-corrected chi connectivity index (χ4v) is 2.88. The molecule has 2 atom stereocenters. The largest absolute Gasteiger partial charge is 0.379 e. The number of carbonyl (C=O) groups excluding carboxylic acids is 1. The van der Waals surface area contributed by atoms with Crippen LogP contribution in [0, 0.1) is 5.92 Å². The molecule has 0 spiro atoms. The summed E-state index contributed by atoms with van der Waals surface area (Å²) in [5.41, 5.74) is 1.86. The van der Waals surface area contributed by atoms with Crippen molar-refractivity contribution in [3.05, 3.63) is 29.8 Å². The van der Waals surface area contributed by atoms with E-state index in [4.69, 9.17) is 9.47 Å². The SMILES string of the molecule is CCNC(=NCc1cccc(NC(=O)C(C)CC)c1)NCCCOC1CCOC1.I. The Morgan fingerprint density at radius 3 is 2.87 bits per heavy atom. The van der Waals surface area contributed by atoms with Crippen molar-refractivity contribution in [1.82, 2.24) is 10.6 Å². The predicted molar refractivity (Wildman–Crippen MR) is 133 cm³/mol. The fourth-order valence-electron chi connectivity index (χ4n) is 2.88. The van der Waals surface area contributed by atoms with Gasteiger partial charge in [-0.15, -0.1) is 24.0 Å². The summed E-state index contributed by atoms with van der Waals surface area (Å²) >= 11 is 0. The van der Waals surface area contributed by atoms with Crippen LogP contribution in [0.25, 0.3) is 0 Å². The zero-order chi connectivity index (χ0) is 20.9. The van der Waals surface area contributed by atoms with E-state index in [1.807, 2.05) is 45.0 Å². The molecule has 1 aliphatic rings. The molecule has 170 valence electrons. The number of hydrogen-bond donors (Lipinski definition) is 3. The van der Waals surface area contributed by atoms with Gasteiger partial charge in [0.2, 0.25) is 5.91 Å². The lowest BCUT2D eigenvalue weighted by atomic mass is 10.1. The smallest absolute Gasteiger partial charge is 0.227 e. The minimum atomic E-state index is 0. The Bertz CT molecular complexity index is 651. The maximum absolute atomic E-state index is 12.1. The molecule has 1 fully saturated rings. The van der Waals surface area contributed by atoms with E-state index in [1.165, 1.54) is 0 Å². The minimum absolute atomic E-state index is 0. The molecule has 0 aliphatic carbocycles. The van der Waals surface area contributed by atoms with Crippen LogP contribution in [0.2, 0.25) is 0 Å². The van der Waals surface area contributed by atoms with Crippen LogP contribution >= 0.6 is 24.0 Å². The monoisotopic (exact) mass is 532 g/mol. The Morgan fingerprint density at radius 2 is 2.17 bits per heavy atom. The predicted octanol–water partition coefficient (Wildman–Crippen LogP) is 3.54. The molecule has 1 aromatic carbocycles. The molecular formula is C22H37IN4O3. The number of hydrogen-bond acceptors (Lipinski definition) is 4. The van der Waals surface area contributed by atoms with Crippen molar-refractivity contribution in [3.63, 3.8) is 0 Å². The summed E-state index contributed by atoms with van der Waals surface area (Å²) in [6.45, 7) is 10.4. The lowest BCUT2D eigenvalue weighted by Crippen LogP contribution is -2.38. The molecule has 1 saturated heterocycles. The van der Waals surface area contributed by atoms with E-state index >= 15 is 0 Å². The van der Waals surface area contributed by atoms with Gasteiger partial charge in [-0.25, -0.2) is 4.99 Å². The number of rotatable bonds is 11. The van der Waals surface area contributed by atoms with Crippen molar-refractivity contribution < 1.29 is 14.3 Å². The highest BCUT2D eigenvalue weighted by atomic mass is 127. The van der Waals surface area contributed by atoms with Crippen LogP contribution in [0.5, 0.6) is 0 Å². The van der Waals surface area contributed by atoms with Crippen molar-refractivity contribution in [3.8, 4) is 0 Å². The molecule has 1 aliphatic heterocycles. The highest BCUT2D eigenvalue weighted by Gasteiger charge is 2.15. The molecule has 0 aromatic heterocycles. The first-order chi connectivity index (χ1) is 14.1. The summed E-state index contributed by atoms with van der Waals surface area (Å²) in [6.07, 6.45) is 2.99. The third-order valence-corrected chi connectivity index (χ3v) is 4.87. The Balaban J connectivity index is 0.00000450. The minimum Gasteiger partial charge on any atom is -0.379 e. The van der Waals surface area contributed by atoms with Gasteiger partial charge in [-0.2, -0.15) is 0 Å². The van der Waals surface area contributed by atoms with Gasteiger partial charge in [0, 0.05) is 37.9 Å². The number of nitrogens with zero attached hydrogens (tertiary/aromatic N) is 1. The number of benzene rings is 1. The van der Waals surface area contributed by atoms with Gasteiger partial charge in [0.15, 0.2) is 5.96 Å². The Labute approximate surface area is 197 Å². The number of aliphatic imine (C=N–C) groups is 1. The quantitative estimate of drug-likeness (QED) is 0.176. The first-order valence-electron chi connectivity index (χ1n) is 10.7. The molecule has 30 heavy (non-hydrogen) atoms. The number of guanidine groups is 1. The molecule has 1 heterocycles. The van der Waals surface area contributed by atoms with Gasteiger partial charge in [-0.05, 0) is 43.9 Å². The van der Waals surface area contributed by atoms with E-state index in [1.54, 1.807) is 0 Å². The molecule has 2 unspecified atom stereocenters. The van der Waals surface area contributed by atoms with Crippen molar-refractivity contribution >= 4 is 41.5 Å². The average molecular weight is 532 g/mol. The number of amides is 1. The zero-order valence-electron chi connectivity index (χ0n) is 18.4. The van der Waals surface area contributed by atoms with Crippen molar-refractivity contribution in [2.75, 3.05) is 38.2 Å². The standard InChI is InChI=1S/C22H36N4O3.HI/c1-4-17(3)21(27)26-19-9-6-8-18(14-19)15-25-22(23-5-2)24-11-7-12-29-20-10-13-28-16-20;/h6,8-9,14,17,20H,4-5,7,10-13,15-16H2,1-3H3,(H,26,27)(H2,23,24,25);1H. The first-order valence-corrected chi connectivity index (χ1v) is 10.7. The van der Waals surface area contributed by atoms with E-state index in [0.29, 0.717) is 13.2 Å². The molecule has 2 rings (SSSR count). The van der Waals surface area contributed by atoms with Crippen molar-refractivity contribution in [1.29, 1.82) is 0 Å². The summed E-state index contributed by atoms with van der Waals surface area (Å²) in [6, 6.07) is 7.85. The maximum atomic E-state index is 12.1. The molecule has 1 aromatic rings. The van der Waals surface area contributed by atoms with E-state index in [-0.39, 0.29) is 41.9 Å². The van der Waals surface area contributed by atoms with Crippen LogP contribution in [0.3, 0.4) is 0 Å². The topological polar surface area (TPSA) is 84.0 Å². The molecule has 3 N–H and O–H groups in total. The van der Waals surface area contributed by atoms with Crippen LogP contribution in [0.15, 0.2) is 29.3 Å². The lowest BCUT2D eigenvalue weighted by Gasteiger charge is -2.13. The highest BCUT2D eigenvalue weighted by Crippen LogP contribution is 2.14. The van der Waals surface area contributed by atoms with Gasteiger partial charge in [-0.1, -0.05) is 26.0 Å². The third-order valence-electron chi connectivity index (χ3n) is 4.87. The molecule has 0 radical (unpaired) electrons. The van der Waals surface area contributed by atoms with Gasteiger partial charge >= 0.3 is 0 Å². The van der Waals surface area contributed by atoms with E-state index in [2.05, 4.69) is 20.9 Å². The molecule has 0 saturated carbocycles. The lowest BCUT2D eigenvalue weighted by molar-refractivity contribution is -0.119. The number of carbonyl (C=O) groups is 1. The normalized spacial score (nSPS) is 17.2. The Morgan fingerprint density at radius 1 is 1.33 bits per heavy atom. The Kier molecular flexibility index (Phi) is 13.7. The van der Waals surface area contributed by atoms with Crippen LogP contribution in [-0.2, 0) is 20.8 Å². The third kappa shape index (κ3) is 10.1. The number of nitrogens with one attached hydrogen (secondary N) is 3. The zero-order valence-corrected chi connectivity index (χ0v) is 20.7. The second-order valence-corrected chi connectivity index (χ2v) is 7.33. The van der Waals surface area contributed by atoms with Crippen LogP contribution in [0.4, 0.5) is 5.69 Å². The van der Waals surface area contributed by atoms with E-state index in [0.717, 1.165) is 62.8 Å². The number of anilines is 1. The molecular weight excluding hydrogens is 495 g/mol. The van der Waals surface area contributed by atoms with Gasteiger partial charge in [0.1, 0.15) is 0 Å². The average Bonchev–Trinajstić information content (AvgIpc) is 3.24. The number of ether oxygens (including phenoxy) is 2. The molecule has 1 amide bonds. The summed E-state index contributed by atoms with van der Waals surface area (Å²) in [5.74, 6) is 0.840. The fraction of sp³-hybridized carbons (Fsp3) is 0.636. The summed E-state index contributed by atoms with van der Waals surface area (Å²) < 4.78 is 11.1. The molecule has 7 nitrogen and oxygen atoms in total. The van der Waals surface area contributed by atoms with Crippen LogP contribution in [-0.4, -0.2) is 50.9 Å². The molecule has 8 heteroatoms. The Hall–Kier alpha value is -1.39. The van der Waals surface area contributed by atoms with Gasteiger partial charge in [-0.3, -0.25) is 4.79 Å². The van der Waals surface area contributed by atoms with Crippen LogP contribution in [0.1, 0.15) is 45.6 Å². The van der Waals surface area contributed by atoms with Gasteiger partial charge < -0.3 is 25.4 Å². The first kappa shape index (κ1) is 26.6. The number of halogens is 1. The van der Waals surface area contributed by atoms with Crippen LogP contribution < -0.4 is 16.0 Å². The van der Waals surface area contributed by atoms with E-state index < -0.39 is 0 Å².